The maximum Gasteiger partial charge on any atom is 0.336 e. The number of hydrogen-bond donors (Lipinski definition) is 1. The van der Waals surface area contributed by atoms with Gasteiger partial charge in [0.05, 0.1) is 24.8 Å². The summed E-state index contributed by atoms with van der Waals surface area (Å²) in [5.74, 6) is -0.0568. The van der Waals surface area contributed by atoms with Gasteiger partial charge < -0.3 is 14.6 Å². The van der Waals surface area contributed by atoms with Crippen LogP contribution in [0.1, 0.15) is 36.5 Å². The number of unbranched alkanes of at least 4 members (excludes halogenated alkanes) is 2. The standard InChI is InChI=1S/C16H19NO4/c1-3-4-5-8-21-15-10-13(16(18)19)12-9-11(20-2)6-7-14(12)17-15/h6-7,9-10H,3-5,8H2,1-2H3,(H,18,19). The Morgan fingerprint density at radius 2 is 2.10 bits per heavy atom. The Kier molecular flexibility index (Phi) is 4.98. The number of aromatic nitrogens is 1. The fourth-order valence-electron chi connectivity index (χ4n) is 2.09. The van der Waals surface area contributed by atoms with E-state index < -0.39 is 5.97 Å². The minimum atomic E-state index is -1.01. The van der Waals surface area contributed by atoms with Crippen molar-refractivity contribution in [3.8, 4) is 11.6 Å². The summed E-state index contributed by atoms with van der Waals surface area (Å²) < 4.78 is 10.7. The van der Waals surface area contributed by atoms with Gasteiger partial charge in [-0.15, -0.1) is 0 Å². The first-order valence-electron chi connectivity index (χ1n) is 7.00. The number of fused-ring (bicyclic) bond motifs is 1. The fourth-order valence-corrected chi connectivity index (χ4v) is 2.09. The van der Waals surface area contributed by atoms with Gasteiger partial charge >= 0.3 is 5.97 Å². The van der Waals surface area contributed by atoms with Crippen LogP contribution in [0.15, 0.2) is 24.3 Å². The van der Waals surface area contributed by atoms with E-state index in [2.05, 4.69) is 11.9 Å². The van der Waals surface area contributed by atoms with Crippen molar-refractivity contribution in [3.05, 3.63) is 29.8 Å². The summed E-state index contributed by atoms with van der Waals surface area (Å²) in [6.07, 6.45) is 3.12. The predicted molar refractivity (Wildman–Crippen MR) is 80.3 cm³/mol. The second-order valence-electron chi connectivity index (χ2n) is 4.75. The minimum Gasteiger partial charge on any atom is -0.497 e. The number of carboxylic acid groups (broad SMARTS) is 1. The lowest BCUT2D eigenvalue weighted by molar-refractivity contribution is 0.0698. The number of ether oxygens (including phenoxy) is 2. The van der Waals surface area contributed by atoms with Crippen LogP contribution in [0.2, 0.25) is 0 Å². The summed E-state index contributed by atoms with van der Waals surface area (Å²) in [7, 11) is 1.54. The monoisotopic (exact) mass is 289 g/mol. The summed E-state index contributed by atoms with van der Waals surface area (Å²) in [6, 6.07) is 6.63. The third-order valence-corrected chi connectivity index (χ3v) is 3.22. The highest BCUT2D eigenvalue weighted by Gasteiger charge is 2.13. The van der Waals surface area contributed by atoms with Gasteiger partial charge in [0.15, 0.2) is 0 Å². The molecule has 0 saturated heterocycles. The second-order valence-corrected chi connectivity index (χ2v) is 4.75. The second kappa shape index (κ2) is 6.92. The molecule has 5 heteroatoms. The number of benzene rings is 1. The molecular weight excluding hydrogens is 270 g/mol. The summed E-state index contributed by atoms with van der Waals surface area (Å²) in [5, 5.41) is 9.90. The SMILES string of the molecule is CCCCCOc1cc(C(=O)O)c2cc(OC)ccc2n1. The first kappa shape index (κ1) is 15.1. The minimum absolute atomic E-state index is 0.171. The van der Waals surface area contributed by atoms with Gasteiger partial charge in [-0.05, 0) is 24.6 Å². The van der Waals surface area contributed by atoms with Gasteiger partial charge in [0.1, 0.15) is 5.75 Å². The van der Waals surface area contributed by atoms with Crippen molar-refractivity contribution in [1.29, 1.82) is 0 Å². The van der Waals surface area contributed by atoms with Crippen molar-refractivity contribution in [2.45, 2.75) is 26.2 Å². The molecule has 0 amide bonds. The molecule has 0 aliphatic rings. The van der Waals surface area contributed by atoms with Crippen LogP contribution in [-0.4, -0.2) is 29.8 Å². The average Bonchev–Trinajstić information content (AvgIpc) is 2.50. The molecule has 1 aromatic heterocycles. The van der Waals surface area contributed by atoms with E-state index in [1.165, 1.54) is 6.07 Å². The van der Waals surface area contributed by atoms with Crippen molar-refractivity contribution in [3.63, 3.8) is 0 Å². The Hall–Kier alpha value is -2.30. The molecule has 0 unspecified atom stereocenters. The van der Waals surface area contributed by atoms with Crippen molar-refractivity contribution in [2.24, 2.45) is 0 Å². The molecule has 0 aliphatic heterocycles. The molecule has 21 heavy (non-hydrogen) atoms. The van der Waals surface area contributed by atoms with Gasteiger partial charge in [0.2, 0.25) is 5.88 Å². The lowest BCUT2D eigenvalue weighted by Gasteiger charge is -2.09. The lowest BCUT2D eigenvalue weighted by atomic mass is 10.1. The third-order valence-electron chi connectivity index (χ3n) is 3.22. The Morgan fingerprint density at radius 1 is 1.29 bits per heavy atom. The number of carboxylic acids is 1. The Bertz CT molecular complexity index is 639. The topological polar surface area (TPSA) is 68.7 Å². The Labute approximate surface area is 123 Å². The van der Waals surface area contributed by atoms with E-state index >= 15 is 0 Å². The molecule has 0 saturated carbocycles. The number of hydrogen-bond acceptors (Lipinski definition) is 4. The summed E-state index contributed by atoms with van der Waals surface area (Å²) in [6.45, 7) is 2.66. The van der Waals surface area contributed by atoms with E-state index in [1.807, 2.05) is 0 Å². The zero-order chi connectivity index (χ0) is 15.2. The van der Waals surface area contributed by atoms with E-state index in [0.29, 0.717) is 29.1 Å². The molecule has 1 N–H and O–H groups in total. The normalized spacial score (nSPS) is 10.6. The van der Waals surface area contributed by atoms with E-state index in [9.17, 15) is 9.90 Å². The van der Waals surface area contributed by atoms with Gasteiger partial charge in [-0.3, -0.25) is 0 Å². The average molecular weight is 289 g/mol. The first-order chi connectivity index (χ1) is 10.2. The molecule has 112 valence electrons. The third kappa shape index (κ3) is 3.62. The predicted octanol–water partition coefficient (Wildman–Crippen LogP) is 3.51. The number of pyridine rings is 1. The van der Waals surface area contributed by atoms with Crippen molar-refractivity contribution in [1.82, 2.24) is 4.98 Å². The molecular formula is C16H19NO4. The zero-order valence-corrected chi connectivity index (χ0v) is 12.3. The molecule has 0 atom stereocenters. The number of methoxy groups -OCH3 is 1. The van der Waals surface area contributed by atoms with E-state index in [0.717, 1.165) is 19.3 Å². The van der Waals surface area contributed by atoms with Crippen LogP contribution in [-0.2, 0) is 0 Å². The smallest absolute Gasteiger partial charge is 0.336 e. The number of aromatic carboxylic acids is 1. The molecule has 0 spiro atoms. The van der Waals surface area contributed by atoms with Crippen LogP contribution >= 0.6 is 0 Å². The van der Waals surface area contributed by atoms with Gasteiger partial charge in [-0.1, -0.05) is 19.8 Å². The summed E-state index contributed by atoms with van der Waals surface area (Å²) in [4.78, 5) is 15.8. The van der Waals surface area contributed by atoms with Crippen LogP contribution in [0.5, 0.6) is 11.6 Å². The Morgan fingerprint density at radius 3 is 2.76 bits per heavy atom. The van der Waals surface area contributed by atoms with Crippen LogP contribution in [0.25, 0.3) is 10.9 Å². The van der Waals surface area contributed by atoms with Crippen molar-refractivity contribution < 1.29 is 19.4 Å². The molecule has 2 aromatic rings. The quantitative estimate of drug-likeness (QED) is 0.790. The van der Waals surface area contributed by atoms with Crippen LogP contribution in [0.3, 0.4) is 0 Å². The van der Waals surface area contributed by atoms with E-state index in [-0.39, 0.29) is 5.56 Å². The highest BCUT2D eigenvalue weighted by Crippen LogP contribution is 2.26. The molecule has 1 heterocycles. The number of carbonyl (C=O) groups is 1. The zero-order valence-electron chi connectivity index (χ0n) is 12.3. The molecule has 0 radical (unpaired) electrons. The van der Waals surface area contributed by atoms with E-state index in [4.69, 9.17) is 9.47 Å². The van der Waals surface area contributed by atoms with Gasteiger partial charge in [-0.25, -0.2) is 9.78 Å². The molecule has 2 rings (SSSR count). The van der Waals surface area contributed by atoms with Crippen molar-refractivity contribution >= 4 is 16.9 Å². The van der Waals surface area contributed by atoms with Crippen LogP contribution < -0.4 is 9.47 Å². The molecule has 0 fully saturated rings. The highest BCUT2D eigenvalue weighted by atomic mass is 16.5. The van der Waals surface area contributed by atoms with Gasteiger partial charge in [0, 0.05) is 11.5 Å². The first-order valence-corrected chi connectivity index (χ1v) is 7.00. The lowest BCUT2D eigenvalue weighted by Crippen LogP contribution is -2.04. The summed E-state index contributed by atoms with van der Waals surface area (Å²) in [5.41, 5.74) is 0.755. The summed E-state index contributed by atoms with van der Waals surface area (Å²) >= 11 is 0. The van der Waals surface area contributed by atoms with E-state index in [1.54, 1.807) is 25.3 Å². The fraction of sp³-hybridized carbons (Fsp3) is 0.375. The maximum absolute atomic E-state index is 11.4. The van der Waals surface area contributed by atoms with Crippen LogP contribution in [0.4, 0.5) is 0 Å². The molecule has 1 aromatic carbocycles. The van der Waals surface area contributed by atoms with Gasteiger partial charge in [0.25, 0.3) is 0 Å². The largest absolute Gasteiger partial charge is 0.497 e. The number of nitrogens with zero attached hydrogens (tertiary/aromatic N) is 1. The number of rotatable bonds is 7. The molecule has 0 aliphatic carbocycles. The van der Waals surface area contributed by atoms with Gasteiger partial charge in [-0.2, -0.15) is 0 Å². The van der Waals surface area contributed by atoms with Crippen molar-refractivity contribution in [2.75, 3.05) is 13.7 Å². The maximum atomic E-state index is 11.4. The molecule has 5 nitrogen and oxygen atoms in total. The van der Waals surface area contributed by atoms with Crippen LogP contribution in [0, 0.1) is 0 Å². The molecule has 0 bridgehead atoms. The Balaban J connectivity index is 2.35. The highest BCUT2D eigenvalue weighted by molar-refractivity contribution is 6.03.